The third-order valence-corrected chi connectivity index (χ3v) is 3.07. The number of aryl methyl sites for hydroxylation is 1. The van der Waals surface area contributed by atoms with Crippen molar-refractivity contribution in [2.24, 2.45) is 0 Å². The number of hydrogen-bond acceptors (Lipinski definition) is 4. The average molecular weight is 273 g/mol. The van der Waals surface area contributed by atoms with Gasteiger partial charge in [-0.2, -0.15) is 0 Å². The summed E-state index contributed by atoms with van der Waals surface area (Å²) in [5.74, 6) is 0.220. The number of aromatic nitrogens is 1. The molecule has 0 unspecified atom stereocenters. The number of benzene rings is 1. The van der Waals surface area contributed by atoms with Gasteiger partial charge in [-0.25, -0.2) is 0 Å². The second-order valence-corrected chi connectivity index (χ2v) is 4.84. The summed E-state index contributed by atoms with van der Waals surface area (Å²) in [6, 6.07) is 11.4. The fraction of sp³-hybridized carbons (Fsp3) is 0.333. The molecular formula is C15H19N3O2. The lowest BCUT2D eigenvalue weighted by atomic mass is 10.1. The highest BCUT2D eigenvalue weighted by molar-refractivity contribution is 5.93. The molecule has 2 atom stereocenters. The number of nitrogens with one attached hydrogen (secondary N) is 2. The first kappa shape index (κ1) is 14.3. The predicted octanol–water partition coefficient (Wildman–Crippen LogP) is 2.66. The van der Waals surface area contributed by atoms with Crippen LogP contribution in [0.3, 0.4) is 0 Å². The van der Waals surface area contributed by atoms with Gasteiger partial charge >= 0.3 is 0 Å². The highest BCUT2D eigenvalue weighted by Crippen LogP contribution is 2.13. The van der Waals surface area contributed by atoms with Gasteiger partial charge in [0.05, 0.1) is 11.7 Å². The molecule has 106 valence electrons. The van der Waals surface area contributed by atoms with Gasteiger partial charge in [0.2, 0.25) is 11.8 Å². The lowest BCUT2D eigenvalue weighted by Gasteiger charge is -2.19. The Kier molecular flexibility index (Phi) is 4.53. The van der Waals surface area contributed by atoms with Crippen molar-refractivity contribution in [2.45, 2.75) is 32.9 Å². The summed E-state index contributed by atoms with van der Waals surface area (Å²) in [4.78, 5) is 12.0. The minimum atomic E-state index is -0.337. The highest BCUT2D eigenvalue weighted by Gasteiger charge is 2.17. The van der Waals surface area contributed by atoms with E-state index in [1.54, 1.807) is 13.0 Å². The van der Waals surface area contributed by atoms with Crippen molar-refractivity contribution in [3.05, 3.63) is 47.7 Å². The van der Waals surface area contributed by atoms with Crippen LogP contribution < -0.4 is 10.6 Å². The first-order valence-corrected chi connectivity index (χ1v) is 6.61. The van der Waals surface area contributed by atoms with Gasteiger partial charge in [-0.1, -0.05) is 35.5 Å². The molecule has 2 N–H and O–H groups in total. The van der Waals surface area contributed by atoms with E-state index in [0.29, 0.717) is 5.88 Å². The number of rotatable bonds is 5. The van der Waals surface area contributed by atoms with Crippen LogP contribution in [0.1, 0.15) is 31.1 Å². The second-order valence-electron chi connectivity index (χ2n) is 4.84. The maximum absolute atomic E-state index is 12.0. The molecule has 0 spiro atoms. The number of amides is 1. The molecule has 0 fully saturated rings. The van der Waals surface area contributed by atoms with Gasteiger partial charge in [-0.05, 0) is 26.3 Å². The maximum Gasteiger partial charge on any atom is 0.243 e. The van der Waals surface area contributed by atoms with Crippen LogP contribution in [0.15, 0.2) is 40.9 Å². The molecule has 5 heteroatoms. The molecule has 0 aliphatic heterocycles. The Hall–Kier alpha value is -2.14. The molecule has 5 nitrogen and oxygen atoms in total. The van der Waals surface area contributed by atoms with Crippen molar-refractivity contribution in [3.8, 4) is 0 Å². The molecule has 1 aromatic heterocycles. The molecule has 0 bridgehead atoms. The van der Waals surface area contributed by atoms with E-state index in [1.807, 2.05) is 44.2 Å². The van der Waals surface area contributed by atoms with E-state index in [4.69, 9.17) is 4.52 Å². The number of carbonyl (C=O) groups excluding carboxylic acids is 1. The van der Waals surface area contributed by atoms with Crippen LogP contribution in [0.4, 0.5) is 5.88 Å². The fourth-order valence-corrected chi connectivity index (χ4v) is 1.94. The number of hydrogen-bond donors (Lipinski definition) is 2. The Bertz CT molecular complexity index is 566. The molecule has 1 aromatic carbocycles. The van der Waals surface area contributed by atoms with Crippen molar-refractivity contribution in [2.75, 3.05) is 5.32 Å². The summed E-state index contributed by atoms with van der Waals surface area (Å²) >= 11 is 0. The SMILES string of the molecule is Cc1cc(NC(=O)[C@H](C)N[C@@H](C)c2ccccc2)on1. The molecule has 1 heterocycles. The average Bonchev–Trinajstić information content (AvgIpc) is 2.85. The van der Waals surface area contributed by atoms with Crippen molar-refractivity contribution >= 4 is 11.8 Å². The molecule has 0 radical (unpaired) electrons. The molecular weight excluding hydrogens is 254 g/mol. The van der Waals surface area contributed by atoms with Crippen LogP contribution in [-0.2, 0) is 4.79 Å². The largest absolute Gasteiger partial charge is 0.338 e. The van der Waals surface area contributed by atoms with Crippen LogP contribution in [0.2, 0.25) is 0 Å². The van der Waals surface area contributed by atoms with Gasteiger partial charge in [-0.3, -0.25) is 15.4 Å². The predicted molar refractivity (Wildman–Crippen MR) is 77.3 cm³/mol. The third-order valence-electron chi connectivity index (χ3n) is 3.07. The molecule has 20 heavy (non-hydrogen) atoms. The molecule has 0 aliphatic rings. The molecule has 0 saturated carbocycles. The van der Waals surface area contributed by atoms with Gasteiger partial charge < -0.3 is 4.52 Å². The van der Waals surface area contributed by atoms with E-state index in [1.165, 1.54) is 0 Å². The number of carbonyl (C=O) groups is 1. The summed E-state index contributed by atoms with van der Waals surface area (Å²) in [7, 11) is 0. The van der Waals surface area contributed by atoms with Crippen LogP contribution in [0, 0.1) is 6.92 Å². The zero-order valence-electron chi connectivity index (χ0n) is 11.9. The van der Waals surface area contributed by atoms with E-state index < -0.39 is 0 Å². The standard InChI is InChI=1S/C15H19N3O2/c1-10-9-14(20-18-10)17-15(19)12(3)16-11(2)13-7-5-4-6-8-13/h4-9,11-12,16H,1-3H3,(H,17,19)/t11-,12-/m0/s1. The van der Waals surface area contributed by atoms with Gasteiger partial charge in [0, 0.05) is 12.1 Å². The molecule has 2 rings (SSSR count). The second kappa shape index (κ2) is 6.34. The fourth-order valence-electron chi connectivity index (χ4n) is 1.94. The van der Waals surface area contributed by atoms with Crippen molar-refractivity contribution in [3.63, 3.8) is 0 Å². The summed E-state index contributed by atoms with van der Waals surface area (Å²) in [5.41, 5.74) is 1.88. The Morgan fingerprint density at radius 3 is 2.55 bits per heavy atom. The van der Waals surface area contributed by atoms with Gasteiger partial charge in [-0.15, -0.1) is 0 Å². The van der Waals surface area contributed by atoms with Crippen LogP contribution in [-0.4, -0.2) is 17.1 Å². The minimum absolute atomic E-state index is 0.0911. The molecule has 0 saturated heterocycles. The lowest BCUT2D eigenvalue weighted by molar-refractivity contribution is -0.118. The summed E-state index contributed by atoms with van der Waals surface area (Å²) < 4.78 is 4.96. The van der Waals surface area contributed by atoms with Crippen LogP contribution in [0.5, 0.6) is 0 Å². The van der Waals surface area contributed by atoms with Crippen molar-refractivity contribution < 1.29 is 9.32 Å². The van der Waals surface area contributed by atoms with Crippen molar-refractivity contribution in [1.29, 1.82) is 0 Å². The number of anilines is 1. The zero-order valence-corrected chi connectivity index (χ0v) is 11.9. The third kappa shape index (κ3) is 3.68. The monoisotopic (exact) mass is 273 g/mol. The van der Waals surface area contributed by atoms with Gasteiger partial charge in [0.15, 0.2) is 0 Å². The topological polar surface area (TPSA) is 67.2 Å². The van der Waals surface area contributed by atoms with Gasteiger partial charge in [0.25, 0.3) is 0 Å². The Balaban J connectivity index is 1.91. The first-order valence-electron chi connectivity index (χ1n) is 6.61. The summed E-state index contributed by atoms with van der Waals surface area (Å²) in [5, 5.41) is 9.66. The van der Waals surface area contributed by atoms with E-state index in [-0.39, 0.29) is 18.0 Å². The Morgan fingerprint density at radius 2 is 1.95 bits per heavy atom. The molecule has 0 aliphatic carbocycles. The number of nitrogens with zero attached hydrogens (tertiary/aromatic N) is 1. The summed E-state index contributed by atoms with van der Waals surface area (Å²) in [6.45, 7) is 5.65. The summed E-state index contributed by atoms with van der Waals surface area (Å²) in [6.07, 6.45) is 0. The highest BCUT2D eigenvalue weighted by atomic mass is 16.5. The Labute approximate surface area is 118 Å². The minimum Gasteiger partial charge on any atom is -0.338 e. The quantitative estimate of drug-likeness (QED) is 0.879. The van der Waals surface area contributed by atoms with Crippen LogP contribution >= 0.6 is 0 Å². The Morgan fingerprint density at radius 1 is 1.25 bits per heavy atom. The van der Waals surface area contributed by atoms with E-state index in [2.05, 4.69) is 15.8 Å². The molecule has 2 aromatic rings. The maximum atomic E-state index is 12.0. The molecule has 1 amide bonds. The zero-order chi connectivity index (χ0) is 14.5. The van der Waals surface area contributed by atoms with Crippen molar-refractivity contribution in [1.82, 2.24) is 10.5 Å². The smallest absolute Gasteiger partial charge is 0.243 e. The van der Waals surface area contributed by atoms with E-state index >= 15 is 0 Å². The van der Waals surface area contributed by atoms with E-state index in [9.17, 15) is 4.79 Å². The normalized spacial score (nSPS) is 13.8. The first-order chi connectivity index (χ1) is 9.56. The lowest BCUT2D eigenvalue weighted by Crippen LogP contribution is -2.39. The van der Waals surface area contributed by atoms with E-state index in [0.717, 1.165) is 11.3 Å². The van der Waals surface area contributed by atoms with Crippen LogP contribution in [0.25, 0.3) is 0 Å². The van der Waals surface area contributed by atoms with Gasteiger partial charge in [0.1, 0.15) is 0 Å².